The van der Waals surface area contributed by atoms with Crippen LogP contribution >= 0.6 is 59.7 Å². The number of ether oxygens (including phenoxy) is 2. The van der Waals surface area contributed by atoms with Crippen molar-refractivity contribution in [3.63, 3.8) is 0 Å². The summed E-state index contributed by atoms with van der Waals surface area (Å²) < 4.78 is 12.3. The van der Waals surface area contributed by atoms with Gasteiger partial charge < -0.3 is 9.47 Å². The lowest BCUT2D eigenvalue weighted by Crippen LogP contribution is -2.40. The Kier molecular flexibility index (Phi) is 7.97. The van der Waals surface area contributed by atoms with E-state index in [9.17, 15) is 0 Å². The molecule has 0 amide bonds. The summed E-state index contributed by atoms with van der Waals surface area (Å²) in [5.74, 6) is 0. The van der Waals surface area contributed by atoms with Crippen molar-refractivity contribution in [1.82, 2.24) is 0 Å². The number of hydrogen-bond donors (Lipinski definition) is 0. The number of fused-ring (bicyclic) bond motifs is 2. The summed E-state index contributed by atoms with van der Waals surface area (Å²) in [5.41, 5.74) is 0. The minimum atomic E-state index is 0.620. The fraction of sp³-hybridized carbons (Fsp3) is 0.857. The molecule has 2 nitrogen and oxygen atoms in total. The largest absolute Gasteiger partial charge is 0.479 e. The molecule has 4 unspecified atom stereocenters. The molecule has 0 spiro atoms. The van der Waals surface area contributed by atoms with Gasteiger partial charge in [0.15, 0.2) is 0 Å². The zero-order chi connectivity index (χ0) is 15.2. The number of thioether (sulfide) groups is 3. The van der Waals surface area contributed by atoms with Crippen LogP contribution in [0.5, 0.6) is 0 Å². The summed E-state index contributed by atoms with van der Waals surface area (Å²) in [7, 11) is 0. The van der Waals surface area contributed by atoms with E-state index in [2.05, 4.69) is 11.8 Å². The van der Waals surface area contributed by atoms with Gasteiger partial charge in [-0.05, 0) is 64.0 Å². The fourth-order valence-electron chi connectivity index (χ4n) is 2.76. The summed E-state index contributed by atoms with van der Waals surface area (Å²) in [6.45, 7) is 5.32. The Hall–Kier alpha value is 0.830. The van der Waals surface area contributed by atoms with E-state index in [-0.39, 0.29) is 0 Å². The van der Waals surface area contributed by atoms with E-state index < -0.39 is 0 Å². The molecule has 120 valence electrons. The highest BCUT2D eigenvalue weighted by Crippen LogP contribution is 2.49. The van der Waals surface area contributed by atoms with E-state index in [1.165, 1.54) is 25.7 Å². The molecule has 0 aromatic carbocycles. The zero-order valence-corrected chi connectivity index (χ0v) is 16.5. The molecule has 4 atom stereocenters. The van der Waals surface area contributed by atoms with Gasteiger partial charge in [-0.2, -0.15) is 11.8 Å². The van der Waals surface area contributed by atoms with Crippen LogP contribution in [0, 0.1) is 0 Å². The van der Waals surface area contributed by atoms with Gasteiger partial charge in [-0.25, -0.2) is 0 Å². The molecule has 0 aliphatic carbocycles. The summed E-state index contributed by atoms with van der Waals surface area (Å²) >= 11 is 16.2. The van der Waals surface area contributed by atoms with Crippen molar-refractivity contribution < 1.29 is 9.47 Å². The quantitative estimate of drug-likeness (QED) is 0.636. The molecule has 21 heavy (non-hydrogen) atoms. The minimum Gasteiger partial charge on any atom is -0.479 e. The topological polar surface area (TPSA) is 18.5 Å². The monoisotopic (exact) mass is 382 g/mol. The van der Waals surface area contributed by atoms with Crippen LogP contribution in [0.3, 0.4) is 0 Å². The van der Waals surface area contributed by atoms with Crippen LogP contribution in [0.4, 0.5) is 0 Å². The summed E-state index contributed by atoms with van der Waals surface area (Å²) in [5, 5.41) is 2.67. The van der Waals surface area contributed by atoms with E-state index in [0.29, 0.717) is 34.2 Å². The number of thiocarbonyl (C=S) groups is 2. The van der Waals surface area contributed by atoms with E-state index in [1.54, 1.807) is 23.5 Å². The molecule has 0 saturated carbocycles. The molecule has 2 saturated heterocycles. The third kappa shape index (κ3) is 5.44. The van der Waals surface area contributed by atoms with Gasteiger partial charge in [0, 0.05) is 21.0 Å². The SMILES string of the molecule is CCOC(=S)SC1CCC2SC1CCC2SC(=S)OCC. The smallest absolute Gasteiger partial charge is 0.220 e. The van der Waals surface area contributed by atoms with Gasteiger partial charge >= 0.3 is 0 Å². The zero-order valence-electron chi connectivity index (χ0n) is 12.4. The van der Waals surface area contributed by atoms with Gasteiger partial charge in [0.05, 0.1) is 13.2 Å². The van der Waals surface area contributed by atoms with Crippen molar-refractivity contribution in [3.8, 4) is 0 Å². The first-order valence-electron chi connectivity index (χ1n) is 7.46. The summed E-state index contributed by atoms with van der Waals surface area (Å²) in [6.07, 6.45) is 4.97. The van der Waals surface area contributed by atoms with Gasteiger partial charge in [-0.3, -0.25) is 0 Å². The van der Waals surface area contributed by atoms with Gasteiger partial charge in [-0.1, -0.05) is 23.5 Å². The Morgan fingerprint density at radius 1 is 0.905 bits per heavy atom. The maximum Gasteiger partial charge on any atom is 0.220 e. The van der Waals surface area contributed by atoms with E-state index >= 15 is 0 Å². The van der Waals surface area contributed by atoms with Gasteiger partial charge in [-0.15, -0.1) is 0 Å². The Morgan fingerprint density at radius 3 is 1.71 bits per heavy atom. The Balaban J connectivity index is 1.82. The van der Waals surface area contributed by atoms with Crippen LogP contribution in [-0.2, 0) is 9.47 Å². The minimum absolute atomic E-state index is 0.620. The molecule has 2 aliphatic heterocycles. The third-order valence-corrected chi connectivity index (χ3v) is 9.01. The molecular formula is C14H22O2S5. The lowest BCUT2D eigenvalue weighted by atomic mass is 9.98. The van der Waals surface area contributed by atoms with Crippen LogP contribution in [0.1, 0.15) is 39.5 Å². The first kappa shape index (κ1) is 18.2. The average molecular weight is 383 g/mol. The van der Waals surface area contributed by atoms with Gasteiger partial charge in [0.25, 0.3) is 0 Å². The summed E-state index contributed by atoms with van der Waals surface area (Å²) in [6, 6.07) is 0. The van der Waals surface area contributed by atoms with Crippen LogP contribution in [0.25, 0.3) is 0 Å². The lowest BCUT2D eigenvalue weighted by Gasteiger charge is -2.43. The highest BCUT2D eigenvalue weighted by atomic mass is 32.2. The van der Waals surface area contributed by atoms with Gasteiger partial charge in [0.1, 0.15) is 0 Å². The molecule has 0 aromatic rings. The number of rotatable bonds is 4. The Bertz CT molecular complexity index is 342. The summed E-state index contributed by atoms with van der Waals surface area (Å²) in [4.78, 5) is 0. The molecule has 7 heteroatoms. The van der Waals surface area contributed by atoms with Crippen molar-refractivity contribution in [1.29, 1.82) is 0 Å². The highest BCUT2D eigenvalue weighted by Gasteiger charge is 2.40. The molecule has 0 N–H and O–H groups in total. The van der Waals surface area contributed by atoms with Crippen LogP contribution in [-0.4, -0.2) is 43.0 Å². The first-order valence-corrected chi connectivity index (χ1v) is 11.0. The van der Waals surface area contributed by atoms with Gasteiger partial charge in [0.2, 0.25) is 8.77 Å². The second-order valence-corrected chi connectivity index (χ2v) is 10.2. The van der Waals surface area contributed by atoms with Crippen molar-refractivity contribution in [2.45, 2.75) is 60.5 Å². The average Bonchev–Trinajstić information content (AvgIpc) is 2.45. The number of hydrogen-bond acceptors (Lipinski definition) is 7. The fourth-order valence-corrected chi connectivity index (χ4v) is 8.02. The predicted molar refractivity (Wildman–Crippen MR) is 105 cm³/mol. The molecule has 0 aromatic heterocycles. The maximum absolute atomic E-state index is 5.43. The standard InChI is InChI=1S/C14H22O2S5/c1-3-15-13(17)20-11-7-5-10-12(8-6-9(11)19-10)21-14(18)16-4-2/h9-12H,3-8H2,1-2H3. The molecule has 2 aliphatic rings. The highest BCUT2D eigenvalue weighted by molar-refractivity contribution is 8.24. The Labute approximate surface area is 151 Å². The molecule has 2 rings (SSSR count). The molecule has 2 heterocycles. The second kappa shape index (κ2) is 9.21. The maximum atomic E-state index is 5.43. The van der Waals surface area contributed by atoms with E-state index in [4.69, 9.17) is 33.9 Å². The Morgan fingerprint density at radius 2 is 1.33 bits per heavy atom. The van der Waals surface area contributed by atoms with Crippen LogP contribution in [0.2, 0.25) is 0 Å². The third-order valence-electron chi connectivity index (χ3n) is 3.67. The van der Waals surface area contributed by atoms with Crippen molar-refractivity contribution in [3.05, 3.63) is 0 Å². The molecule has 2 bridgehead atoms. The van der Waals surface area contributed by atoms with Crippen molar-refractivity contribution >= 4 is 68.5 Å². The van der Waals surface area contributed by atoms with E-state index in [0.717, 1.165) is 8.77 Å². The van der Waals surface area contributed by atoms with Crippen LogP contribution in [0.15, 0.2) is 0 Å². The van der Waals surface area contributed by atoms with Crippen molar-refractivity contribution in [2.75, 3.05) is 13.2 Å². The molecular weight excluding hydrogens is 360 g/mol. The normalized spacial score (nSPS) is 31.5. The second-order valence-electron chi connectivity index (χ2n) is 5.05. The molecule has 2 fully saturated rings. The molecule has 0 radical (unpaired) electrons. The lowest BCUT2D eigenvalue weighted by molar-refractivity contribution is 0.345. The predicted octanol–water partition coefficient (Wildman–Crippen LogP) is 4.89. The van der Waals surface area contributed by atoms with E-state index in [1.807, 2.05) is 13.8 Å². The first-order chi connectivity index (χ1) is 10.1. The van der Waals surface area contributed by atoms with Crippen molar-refractivity contribution in [2.24, 2.45) is 0 Å². The van der Waals surface area contributed by atoms with Crippen LogP contribution < -0.4 is 0 Å².